The molecule has 1 aromatic rings. The van der Waals surface area contributed by atoms with Gasteiger partial charge in [-0.3, -0.25) is 0 Å². The van der Waals surface area contributed by atoms with Crippen LogP contribution in [0.4, 0.5) is 18.9 Å². The number of carbonyl (C=O) groups is 1. The van der Waals surface area contributed by atoms with Gasteiger partial charge < -0.3 is 29.3 Å². The van der Waals surface area contributed by atoms with Crippen molar-refractivity contribution in [3.63, 3.8) is 0 Å². The summed E-state index contributed by atoms with van der Waals surface area (Å²) in [5.74, 6) is -2.88. The highest BCUT2D eigenvalue weighted by atomic mass is 19.1. The van der Waals surface area contributed by atoms with E-state index in [1.807, 2.05) is 4.90 Å². The van der Waals surface area contributed by atoms with Crippen molar-refractivity contribution in [1.29, 1.82) is 0 Å². The standard InChI is InChI=1S/C25H28F3N3O4/c1-2-33-24(32)17-12-16-13-20(28)23(30-8-6-25(7-9-30)34-10-3-11-35-25)29-22(16)31(15-17)21-5-4-18(26)14-19(21)27/h4-5,13-15,22,29H,2-3,6-12H2,1H3. The number of halogens is 3. The third-order valence-electron chi connectivity index (χ3n) is 6.72. The summed E-state index contributed by atoms with van der Waals surface area (Å²) in [5.41, 5.74) is 0.843. The van der Waals surface area contributed by atoms with E-state index in [1.54, 1.807) is 6.92 Å². The summed E-state index contributed by atoms with van der Waals surface area (Å²) in [4.78, 5) is 15.8. The Hall–Kier alpha value is -2.98. The summed E-state index contributed by atoms with van der Waals surface area (Å²) < 4.78 is 60.6. The Morgan fingerprint density at radius 1 is 1.20 bits per heavy atom. The highest BCUT2D eigenvalue weighted by Crippen LogP contribution is 2.38. The quantitative estimate of drug-likeness (QED) is 0.642. The molecule has 0 saturated carbocycles. The molecule has 0 amide bonds. The summed E-state index contributed by atoms with van der Waals surface area (Å²) >= 11 is 0. The smallest absolute Gasteiger partial charge is 0.335 e. The maximum atomic E-state index is 15.3. The number of anilines is 1. The Balaban J connectivity index is 1.43. The topological polar surface area (TPSA) is 63.3 Å². The van der Waals surface area contributed by atoms with Crippen LogP contribution < -0.4 is 10.2 Å². The molecule has 1 N–H and O–H groups in total. The number of esters is 1. The van der Waals surface area contributed by atoms with Gasteiger partial charge in [0.15, 0.2) is 11.6 Å². The summed E-state index contributed by atoms with van der Waals surface area (Å²) in [6, 6.07) is 3.22. The first-order chi connectivity index (χ1) is 16.9. The van der Waals surface area contributed by atoms with E-state index >= 15 is 4.39 Å². The molecule has 2 saturated heterocycles. The Labute approximate surface area is 201 Å². The highest BCUT2D eigenvalue weighted by Gasteiger charge is 2.41. The minimum absolute atomic E-state index is 0.0551. The fourth-order valence-electron chi connectivity index (χ4n) is 4.97. The van der Waals surface area contributed by atoms with Crippen LogP contribution in [-0.2, 0) is 19.0 Å². The average Bonchev–Trinajstić information content (AvgIpc) is 2.84. The number of likely N-dealkylation sites (tertiary alicyclic amines) is 1. The summed E-state index contributed by atoms with van der Waals surface area (Å²) in [5, 5.41) is 3.20. The van der Waals surface area contributed by atoms with Crippen LogP contribution in [0.2, 0.25) is 0 Å². The molecule has 0 bridgehead atoms. The zero-order valence-electron chi connectivity index (χ0n) is 19.5. The number of nitrogens with zero attached hydrogens (tertiary/aromatic N) is 2. The molecular weight excluding hydrogens is 463 g/mol. The molecule has 5 rings (SSSR count). The number of ether oxygens (including phenoxy) is 3. The Morgan fingerprint density at radius 3 is 2.63 bits per heavy atom. The molecule has 0 aliphatic carbocycles. The molecule has 1 spiro atoms. The van der Waals surface area contributed by atoms with Crippen molar-refractivity contribution in [1.82, 2.24) is 10.2 Å². The van der Waals surface area contributed by atoms with Gasteiger partial charge in [0.05, 0.1) is 31.1 Å². The van der Waals surface area contributed by atoms with Gasteiger partial charge in [-0.25, -0.2) is 18.0 Å². The molecule has 7 nitrogen and oxygen atoms in total. The zero-order valence-corrected chi connectivity index (χ0v) is 19.5. The number of hydrogen-bond acceptors (Lipinski definition) is 7. The predicted octanol–water partition coefficient (Wildman–Crippen LogP) is 3.85. The molecule has 1 aromatic carbocycles. The van der Waals surface area contributed by atoms with Gasteiger partial charge in [0.2, 0.25) is 0 Å². The zero-order chi connectivity index (χ0) is 24.6. The van der Waals surface area contributed by atoms with Crippen molar-refractivity contribution < 1.29 is 32.2 Å². The predicted molar refractivity (Wildman–Crippen MR) is 121 cm³/mol. The molecule has 10 heteroatoms. The molecule has 1 atom stereocenters. The number of hydrogen-bond donors (Lipinski definition) is 1. The minimum Gasteiger partial charge on any atom is -0.463 e. The molecule has 0 aromatic heterocycles. The maximum Gasteiger partial charge on any atom is 0.335 e. The normalized spacial score (nSPS) is 23.9. The number of fused-ring (bicyclic) bond motifs is 1. The number of nitrogens with one attached hydrogen (secondary N) is 1. The third kappa shape index (κ3) is 4.64. The van der Waals surface area contributed by atoms with Crippen molar-refractivity contribution in [3.05, 3.63) is 64.9 Å². The lowest BCUT2D eigenvalue weighted by molar-refractivity contribution is -0.282. The van der Waals surface area contributed by atoms with E-state index in [9.17, 15) is 13.6 Å². The van der Waals surface area contributed by atoms with Crippen LogP contribution in [0.1, 0.15) is 32.6 Å². The van der Waals surface area contributed by atoms with Gasteiger partial charge in [0.25, 0.3) is 0 Å². The Bertz CT molecular complexity index is 1090. The number of benzene rings is 1. The second-order valence-corrected chi connectivity index (χ2v) is 8.97. The van der Waals surface area contributed by atoms with Crippen molar-refractivity contribution in [2.75, 3.05) is 37.8 Å². The van der Waals surface area contributed by atoms with E-state index in [0.29, 0.717) is 44.7 Å². The maximum absolute atomic E-state index is 15.3. The number of allylic oxidation sites excluding steroid dienone is 2. The first-order valence-corrected chi connectivity index (χ1v) is 11.9. The lowest BCUT2D eigenvalue weighted by Crippen LogP contribution is -2.55. The fourth-order valence-corrected chi connectivity index (χ4v) is 4.97. The van der Waals surface area contributed by atoms with Crippen LogP contribution in [0.15, 0.2) is 53.3 Å². The van der Waals surface area contributed by atoms with Crippen LogP contribution >= 0.6 is 0 Å². The van der Waals surface area contributed by atoms with Gasteiger partial charge in [0.1, 0.15) is 23.6 Å². The van der Waals surface area contributed by atoms with Crippen molar-refractivity contribution >= 4 is 11.7 Å². The largest absolute Gasteiger partial charge is 0.463 e. The second-order valence-electron chi connectivity index (χ2n) is 8.97. The van der Waals surface area contributed by atoms with Crippen LogP contribution in [0.25, 0.3) is 0 Å². The first-order valence-electron chi connectivity index (χ1n) is 11.9. The van der Waals surface area contributed by atoms with Crippen LogP contribution in [0.3, 0.4) is 0 Å². The average molecular weight is 492 g/mol. The van der Waals surface area contributed by atoms with Crippen LogP contribution in [0.5, 0.6) is 0 Å². The van der Waals surface area contributed by atoms with Gasteiger partial charge in [-0.2, -0.15) is 0 Å². The molecule has 4 aliphatic heterocycles. The summed E-state index contributed by atoms with van der Waals surface area (Å²) in [6.07, 6.45) is 4.39. The van der Waals surface area contributed by atoms with Gasteiger partial charge in [0, 0.05) is 44.6 Å². The second kappa shape index (κ2) is 9.58. The molecule has 35 heavy (non-hydrogen) atoms. The number of piperidine rings is 1. The molecule has 2 fully saturated rings. The molecule has 188 valence electrons. The van der Waals surface area contributed by atoms with Gasteiger partial charge in [-0.05, 0) is 37.1 Å². The third-order valence-corrected chi connectivity index (χ3v) is 6.72. The monoisotopic (exact) mass is 491 g/mol. The van der Waals surface area contributed by atoms with Crippen molar-refractivity contribution in [2.45, 2.75) is 44.6 Å². The Kier molecular flexibility index (Phi) is 6.50. The lowest BCUT2D eigenvalue weighted by atomic mass is 9.95. The van der Waals surface area contributed by atoms with Crippen molar-refractivity contribution in [2.24, 2.45) is 0 Å². The first kappa shape index (κ1) is 23.7. The van der Waals surface area contributed by atoms with Gasteiger partial charge in [-0.15, -0.1) is 0 Å². The summed E-state index contributed by atoms with van der Waals surface area (Å²) in [6.45, 7) is 4.18. The van der Waals surface area contributed by atoms with Gasteiger partial charge in [-0.1, -0.05) is 0 Å². The Morgan fingerprint density at radius 2 is 1.94 bits per heavy atom. The molecule has 0 radical (unpaired) electrons. The number of dihydropyridines is 1. The van der Waals surface area contributed by atoms with E-state index in [1.165, 1.54) is 23.2 Å². The number of carbonyl (C=O) groups excluding carboxylic acids is 1. The molecule has 4 aliphatic rings. The minimum atomic E-state index is -0.796. The SMILES string of the molecule is CCOC(=O)C1=CN(c2ccc(F)cc2F)C2NC(N3CCC4(CC3)OCCCO4)=C(F)C=C2C1. The van der Waals surface area contributed by atoms with Crippen molar-refractivity contribution in [3.8, 4) is 0 Å². The van der Waals surface area contributed by atoms with Crippen LogP contribution in [-0.4, -0.2) is 55.7 Å². The molecule has 1 unspecified atom stereocenters. The van der Waals surface area contributed by atoms with E-state index < -0.39 is 35.4 Å². The van der Waals surface area contributed by atoms with Gasteiger partial charge >= 0.3 is 5.97 Å². The van der Waals surface area contributed by atoms with Crippen LogP contribution in [0, 0.1) is 11.6 Å². The summed E-state index contributed by atoms with van der Waals surface area (Å²) in [7, 11) is 0. The molecule has 4 heterocycles. The van der Waals surface area contributed by atoms with E-state index in [2.05, 4.69) is 5.32 Å². The fraction of sp³-hybridized carbons (Fsp3) is 0.480. The highest BCUT2D eigenvalue weighted by molar-refractivity contribution is 5.90. The van der Waals surface area contributed by atoms with E-state index in [-0.39, 0.29) is 30.1 Å². The lowest BCUT2D eigenvalue weighted by Gasteiger charge is -2.47. The van der Waals surface area contributed by atoms with E-state index in [4.69, 9.17) is 14.2 Å². The molecular formula is C25H28F3N3O4. The van der Waals surface area contributed by atoms with E-state index in [0.717, 1.165) is 18.6 Å². The number of rotatable bonds is 4.